The molecule has 0 N–H and O–H groups in total. The van der Waals surface area contributed by atoms with Gasteiger partial charge in [0.05, 0.1) is 11.2 Å². The minimum Gasteiger partial charge on any atom is -0.369 e. The fourth-order valence-electron chi connectivity index (χ4n) is 4.52. The van der Waals surface area contributed by atoms with Crippen LogP contribution in [0.15, 0.2) is 25.6 Å². The number of amides is 2. The topological polar surface area (TPSA) is 49.9 Å². The maximum absolute atomic E-state index is 11.7. The first-order chi connectivity index (χ1) is 14.0. The number of hydrogen-bond acceptors (Lipinski definition) is 3. The van der Waals surface area contributed by atoms with Crippen molar-refractivity contribution in [3.05, 3.63) is 25.6 Å². The summed E-state index contributed by atoms with van der Waals surface area (Å²) in [5, 5.41) is 0. The predicted octanol–water partition coefficient (Wildman–Crippen LogP) is 6.05. The van der Waals surface area contributed by atoms with E-state index >= 15 is 0 Å². The van der Waals surface area contributed by atoms with Crippen molar-refractivity contribution in [2.24, 2.45) is 0 Å². The number of carbonyl (C=O) groups excluding carboxylic acids is 2. The third kappa shape index (κ3) is 6.44. The van der Waals surface area contributed by atoms with Gasteiger partial charge in [-0.1, -0.05) is 47.8 Å². The lowest BCUT2D eigenvalue weighted by Gasteiger charge is -2.50. The molecule has 0 saturated heterocycles. The SMILES string of the molecule is C=CN(C=O)C(C)(CC)CC(C)(CC)OC(CC)(CC)CC(C)(CC)N(C=C)C=O. The van der Waals surface area contributed by atoms with E-state index in [9.17, 15) is 9.59 Å². The van der Waals surface area contributed by atoms with Crippen LogP contribution < -0.4 is 0 Å². The lowest BCUT2D eigenvalue weighted by atomic mass is 9.77. The molecule has 0 spiro atoms. The van der Waals surface area contributed by atoms with Crippen LogP contribution in [0.3, 0.4) is 0 Å². The summed E-state index contributed by atoms with van der Waals surface area (Å²) in [5.41, 5.74) is -1.59. The minimum absolute atomic E-state index is 0.381. The van der Waals surface area contributed by atoms with Gasteiger partial charge in [-0.05, 0) is 78.1 Å². The second-order valence-electron chi connectivity index (χ2n) is 9.24. The third-order valence-corrected chi connectivity index (χ3v) is 7.35. The largest absolute Gasteiger partial charge is 0.369 e. The highest BCUT2D eigenvalue weighted by atomic mass is 16.5. The molecule has 3 atom stereocenters. The van der Waals surface area contributed by atoms with Gasteiger partial charge in [0.2, 0.25) is 12.8 Å². The molecule has 0 saturated carbocycles. The van der Waals surface area contributed by atoms with Crippen molar-refractivity contribution in [3.63, 3.8) is 0 Å². The van der Waals surface area contributed by atoms with Crippen molar-refractivity contribution in [3.8, 4) is 0 Å². The van der Waals surface area contributed by atoms with Crippen molar-refractivity contribution in [2.45, 2.75) is 123 Å². The Balaban J connectivity index is 6.08. The molecular weight excluding hydrogens is 376 g/mol. The maximum Gasteiger partial charge on any atom is 0.214 e. The van der Waals surface area contributed by atoms with Gasteiger partial charge in [0.1, 0.15) is 0 Å². The zero-order valence-electron chi connectivity index (χ0n) is 20.8. The smallest absolute Gasteiger partial charge is 0.214 e. The van der Waals surface area contributed by atoms with Crippen LogP contribution in [0.1, 0.15) is 100 Å². The standard InChI is InChI=1S/C25H46N2O3/c1-11-22(8,26(16-6)20-28)18-24(10,13-3)30-25(14-4,15-5)19-23(9,12-2)27(17-7)21-29/h16-17,20-21H,6-7,11-15,18-19H2,1-5,8-10H3. The Bertz CT molecular complexity index is 559. The molecular formula is C25H46N2O3. The van der Waals surface area contributed by atoms with E-state index in [1.165, 1.54) is 0 Å². The molecule has 0 aromatic rings. The van der Waals surface area contributed by atoms with E-state index in [1.807, 2.05) is 0 Å². The predicted molar refractivity (Wildman–Crippen MR) is 126 cm³/mol. The van der Waals surface area contributed by atoms with E-state index in [0.29, 0.717) is 12.8 Å². The molecule has 30 heavy (non-hydrogen) atoms. The third-order valence-electron chi connectivity index (χ3n) is 7.35. The summed E-state index contributed by atoms with van der Waals surface area (Å²) < 4.78 is 6.99. The molecule has 5 nitrogen and oxygen atoms in total. The fourth-order valence-corrected chi connectivity index (χ4v) is 4.52. The number of nitrogens with zero attached hydrogens (tertiary/aromatic N) is 2. The molecule has 0 aliphatic heterocycles. The van der Waals surface area contributed by atoms with E-state index in [4.69, 9.17) is 4.74 Å². The van der Waals surface area contributed by atoms with Gasteiger partial charge < -0.3 is 14.5 Å². The molecule has 0 aromatic carbocycles. The summed E-state index contributed by atoms with van der Waals surface area (Å²) in [7, 11) is 0. The maximum atomic E-state index is 11.7. The highest BCUT2D eigenvalue weighted by Gasteiger charge is 2.45. The first kappa shape index (κ1) is 28.4. The molecule has 0 aliphatic rings. The monoisotopic (exact) mass is 422 g/mol. The van der Waals surface area contributed by atoms with Crippen molar-refractivity contribution < 1.29 is 14.3 Å². The fraction of sp³-hybridized carbons (Fsp3) is 0.760. The van der Waals surface area contributed by atoms with Gasteiger partial charge >= 0.3 is 0 Å². The van der Waals surface area contributed by atoms with Gasteiger partial charge in [-0.25, -0.2) is 0 Å². The summed E-state index contributed by atoms with van der Waals surface area (Å²) in [6, 6.07) is 0. The molecule has 174 valence electrons. The Morgan fingerprint density at radius 3 is 1.37 bits per heavy atom. The molecule has 0 radical (unpaired) electrons. The minimum atomic E-state index is -0.435. The van der Waals surface area contributed by atoms with Crippen LogP contribution in [0.25, 0.3) is 0 Å². The van der Waals surface area contributed by atoms with Crippen molar-refractivity contribution in [2.75, 3.05) is 0 Å². The van der Waals surface area contributed by atoms with Crippen LogP contribution in [-0.2, 0) is 14.3 Å². The van der Waals surface area contributed by atoms with E-state index in [2.05, 4.69) is 68.5 Å². The van der Waals surface area contributed by atoms with Crippen LogP contribution in [0.2, 0.25) is 0 Å². The normalized spacial score (nSPS) is 17.7. The Labute approximate surface area is 185 Å². The molecule has 0 rings (SSSR count). The van der Waals surface area contributed by atoms with Gasteiger partial charge in [0.25, 0.3) is 0 Å². The molecule has 2 amide bonds. The van der Waals surface area contributed by atoms with E-state index in [0.717, 1.165) is 44.9 Å². The van der Waals surface area contributed by atoms with E-state index in [-0.39, 0.29) is 11.1 Å². The van der Waals surface area contributed by atoms with Gasteiger partial charge in [-0.15, -0.1) is 0 Å². The Morgan fingerprint density at radius 1 is 0.700 bits per heavy atom. The van der Waals surface area contributed by atoms with Gasteiger partial charge in [0.15, 0.2) is 0 Å². The second-order valence-corrected chi connectivity index (χ2v) is 9.24. The zero-order chi connectivity index (χ0) is 23.6. The molecule has 0 fully saturated rings. The summed E-state index contributed by atoms with van der Waals surface area (Å²) in [6.07, 6.45) is 10.4. The molecule has 0 bridgehead atoms. The highest BCUT2D eigenvalue weighted by molar-refractivity contribution is 5.51. The first-order valence-electron chi connectivity index (χ1n) is 11.4. The van der Waals surface area contributed by atoms with Crippen molar-refractivity contribution in [1.29, 1.82) is 0 Å². The lowest BCUT2D eigenvalue weighted by Crippen LogP contribution is -2.54. The first-order valence-corrected chi connectivity index (χ1v) is 11.4. The number of rotatable bonds is 17. The lowest BCUT2D eigenvalue weighted by molar-refractivity contribution is -0.184. The quantitative estimate of drug-likeness (QED) is 0.268. The Kier molecular flexibility index (Phi) is 11.1. The van der Waals surface area contributed by atoms with Gasteiger partial charge in [0, 0.05) is 11.1 Å². The molecule has 0 heterocycles. The molecule has 3 unspecified atom stereocenters. The number of ether oxygens (including phenoxy) is 1. The number of hydrogen-bond donors (Lipinski definition) is 0. The number of carbonyl (C=O) groups is 2. The molecule has 0 aromatic heterocycles. The molecule has 5 heteroatoms. The van der Waals surface area contributed by atoms with Gasteiger partial charge in [-0.2, -0.15) is 0 Å². The van der Waals surface area contributed by atoms with E-state index < -0.39 is 11.2 Å². The second kappa shape index (κ2) is 11.7. The van der Waals surface area contributed by atoms with Crippen molar-refractivity contribution >= 4 is 12.8 Å². The Hall–Kier alpha value is -1.62. The van der Waals surface area contributed by atoms with Crippen LogP contribution in [0.5, 0.6) is 0 Å². The molecule has 0 aliphatic carbocycles. The zero-order valence-corrected chi connectivity index (χ0v) is 20.8. The average molecular weight is 423 g/mol. The Morgan fingerprint density at radius 2 is 1.10 bits per heavy atom. The summed E-state index contributed by atoms with van der Waals surface area (Å²) in [4.78, 5) is 26.7. The van der Waals surface area contributed by atoms with Crippen LogP contribution >= 0.6 is 0 Å². The van der Waals surface area contributed by atoms with E-state index in [1.54, 1.807) is 22.2 Å². The summed E-state index contributed by atoms with van der Waals surface area (Å²) >= 11 is 0. The van der Waals surface area contributed by atoms with Crippen molar-refractivity contribution in [1.82, 2.24) is 9.80 Å². The highest BCUT2D eigenvalue weighted by Crippen LogP contribution is 2.42. The van der Waals surface area contributed by atoms with Crippen LogP contribution in [-0.4, -0.2) is 44.9 Å². The average Bonchev–Trinajstić information content (AvgIpc) is 2.74. The van der Waals surface area contributed by atoms with Gasteiger partial charge in [-0.3, -0.25) is 9.59 Å². The van der Waals surface area contributed by atoms with Crippen LogP contribution in [0.4, 0.5) is 0 Å². The summed E-state index contributed by atoms with van der Waals surface area (Å²) in [6.45, 7) is 24.6. The summed E-state index contributed by atoms with van der Waals surface area (Å²) in [5.74, 6) is 0. The van der Waals surface area contributed by atoms with Crippen LogP contribution in [0, 0.1) is 0 Å².